The van der Waals surface area contributed by atoms with E-state index in [0.29, 0.717) is 25.9 Å². The van der Waals surface area contributed by atoms with E-state index in [2.05, 4.69) is 41.7 Å². The van der Waals surface area contributed by atoms with Crippen LogP contribution in [0, 0.1) is 5.92 Å². The van der Waals surface area contributed by atoms with Gasteiger partial charge >= 0.3 is 6.09 Å². The third kappa shape index (κ3) is 4.69. The zero-order valence-electron chi connectivity index (χ0n) is 17.9. The molecule has 1 fully saturated rings. The molecule has 0 aliphatic heterocycles. The van der Waals surface area contributed by atoms with Crippen LogP contribution in [0.5, 0.6) is 0 Å². The fraction of sp³-hybridized carbons (Fsp3) is 0.296. The van der Waals surface area contributed by atoms with Crippen LogP contribution < -0.4 is 5.32 Å². The Morgan fingerprint density at radius 2 is 1.31 bits per heavy atom. The number of hydrogen-bond donors (Lipinski definition) is 3. The van der Waals surface area contributed by atoms with Crippen LogP contribution >= 0.6 is 0 Å². The van der Waals surface area contributed by atoms with Gasteiger partial charge in [0.2, 0.25) is 0 Å². The van der Waals surface area contributed by atoms with Gasteiger partial charge in [-0.3, -0.25) is 0 Å². The summed E-state index contributed by atoms with van der Waals surface area (Å²) in [6, 6.07) is 30.0. The normalized spacial score (nSPS) is 21.1. The van der Waals surface area contributed by atoms with Crippen molar-refractivity contribution in [2.45, 2.75) is 37.0 Å². The summed E-state index contributed by atoms with van der Waals surface area (Å²) in [5.74, 6) is -0.134. The molecule has 3 aromatic carbocycles. The topological polar surface area (TPSA) is 78.8 Å². The van der Waals surface area contributed by atoms with Crippen molar-refractivity contribution in [2.75, 3.05) is 6.61 Å². The molecule has 0 saturated heterocycles. The lowest BCUT2D eigenvalue weighted by molar-refractivity contribution is -0.0361. The zero-order valence-corrected chi connectivity index (χ0v) is 17.9. The molecule has 3 aromatic rings. The molecule has 0 bridgehead atoms. The van der Waals surface area contributed by atoms with Gasteiger partial charge in [-0.15, -0.1) is 0 Å². The van der Waals surface area contributed by atoms with Crippen LogP contribution in [-0.2, 0) is 10.3 Å². The molecule has 5 heteroatoms. The standard InChI is InChI=1S/C27H29NO4/c29-24-16-17-25(28-26(30)31)20(18-24)19-32-27(21-10-4-1-5-11-21,22-12-6-2-7-13-22)23-14-8-3-9-15-23/h1-15,20,24-25,28-29H,16-19H2,(H,30,31)/t20-,24-,25+/m1/s1. The van der Waals surface area contributed by atoms with Crippen molar-refractivity contribution in [1.29, 1.82) is 0 Å². The maximum atomic E-state index is 11.3. The molecule has 32 heavy (non-hydrogen) atoms. The maximum absolute atomic E-state index is 11.3. The van der Waals surface area contributed by atoms with E-state index in [1.165, 1.54) is 0 Å². The largest absolute Gasteiger partial charge is 0.465 e. The second-order valence-electron chi connectivity index (χ2n) is 8.37. The predicted octanol–water partition coefficient (Wildman–Crippen LogP) is 4.79. The van der Waals surface area contributed by atoms with Crippen molar-refractivity contribution >= 4 is 6.09 Å². The van der Waals surface area contributed by atoms with E-state index >= 15 is 0 Å². The number of aliphatic hydroxyl groups is 1. The average Bonchev–Trinajstić information content (AvgIpc) is 2.83. The molecular weight excluding hydrogens is 402 g/mol. The van der Waals surface area contributed by atoms with Crippen LogP contribution in [0.25, 0.3) is 0 Å². The van der Waals surface area contributed by atoms with Gasteiger partial charge in [-0.05, 0) is 36.0 Å². The fourth-order valence-electron chi connectivity index (χ4n) is 4.77. The molecule has 0 spiro atoms. The molecular formula is C27H29NO4. The number of amides is 1. The van der Waals surface area contributed by atoms with Crippen LogP contribution in [0.2, 0.25) is 0 Å². The Labute approximate surface area is 188 Å². The second kappa shape index (κ2) is 9.98. The molecule has 3 atom stereocenters. The minimum Gasteiger partial charge on any atom is -0.465 e. The number of aliphatic hydroxyl groups excluding tert-OH is 1. The third-order valence-electron chi connectivity index (χ3n) is 6.32. The van der Waals surface area contributed by atoms with Crippen LogP contribution in [-0.4, -0.2) is 35.1 Å². The highest BCUT2D eigenvalue weighted by atomic mass is 16.5. The molecule has 0 unspecified atom stereocenters. The van der Waals surface area contributed by atoms with Gasteiger partial charge in [-0.1, -0.05) is 91.0 Å². The maximum Gasteiger partial charge on any atom is 0.404 e. The van der Waals surface area contributed by atoms with E-state index in [0.717, 1.165) is 16.7 Å². The van der Waals surface area contributed by atoms with Crippen molar-refractivity contribution < 1.29 is 19.7 Å². The van der Waals surface area contributed by atoms with Gasteiger partial charge in [0.15, 0.2) is 0 Å². The number of benzene rings is 3. The van der Waals surface area contributed by atoms with Crippen molar-refractivity contribution in [3.63, 3.8) is 0 Å². The monoisotopic (exact) mass is 431 g/mol. The molecule has 5 nitrogen and oxygen atoms in total. The molecule has 0 heterocycles. The number of rotatable bonds is 7. The van der Waals surface area contributed by atoms with Gasteiger partial charge in [-0.25, -0.2) is 4.79 Å². The number of carboxylic acid groups (broad SMARTS) is 1. The minimum absolute atomic E-state index is 0.134. The highest BCUT2D eigenvalue weighted by molar-refractivity contribution is 5.64. The van der Waals surface area contributed by atoms with E-state index in [9.17, 15) is 15.0 Å². The molecule has 1 aliphatic rings. The quantitative estimate of drug-likeness (QED) is 0.470. The Balaban J connectivity index is 1.76. The SMILES string of the molecule is O=C(O)N[C@H]1CC[C@@H](O)C[C@@H]1COC(c1ccccc1)(c1ccccc1)c1ccccc1. The van der Waals surface area contributed by atoms with Gasteiger partial charge in [-0.2, -0.15) is 0 Å². The molecule has 1 amide bonds. The molecule has 0 radical (unpaired) electrons. The van der Waals surface area contributed by atoms with Gasteiger partial charge < -0.3 is 20.3 Å². The van der Waals surface area contributed by atoms with E-state index in [1.807, 2.05) is 54.6 Å². The summed E-state index contributed by atoms with van der Waals surface area (Å²) >= 11 is 0. The Bertz CT molecular complexity index is 897. The molecule has 1 aliphatic carbocycles. The lowest BCUT2D eigenvalue weighted by Crippen LogP contribution is -2.47. The Hall–Kier alpha value is -3.15. The van der Waals surface area contributed by atoms with Gasteiger partial charge in [0.05, 0.1) is 12.7 Å². The van der Waals surface area contributed by atoms with Crippen LogP contribution in [0.15, 0.2) is 91.0 Å². The highest BCUT2D eigenvalue weighted by Crippen LogP contribution is 2.41. The molecule has 0 aromatic heterocycles. The summed E-state index contributed by atoms with van der Waals surface area (Å²) in [6.45, 7) is 0.306. The predicted molar refractivity (Wildman–Crippen MR) is 123 cm³/mol. The van der Waals surface area contributed by atoms with Gasteiger partial charge in [0.1, 0.15) is 5.60 Å². The summed E-state index contributed by atoms with van der Waals surface area (Å²) < 4.78 is 6.84. The minimum atomic E-state index is -1.04. The Morgan fingerprint density at radius 1 is 0.844 bits per heavy atom. The van der Waals surface area contributed by atoms with Crippen LogP contribution in [0.4, 0.5) is 4.79 Å². The first-order valence-corrected chi connectivity index (χ1v) is 11.1. The first-order valence-electron chi connectivity index (χ1n) is 11.1. The number of carbonyl (C=O) groups is 1. The lowest BCUT2D eigenvalue weighted by Gasteiger charge is -2.40. The second-order valence-corrected chi connectivity index (χ2v) is 8.37. The van der Waals surface area contributed by atoms with Crippen LogP contribution in [0.3, 0.4) is 0 Å². The van der Waals surface area contributed by atoms with Gasteiger partial charge in [0, 0.05) is 12.0 Å². The number of hydrogen-bond acceptors (Lipinski definition) is 3. The molecule has 166 valence electrons. The first-order chi connectivity index (χ1) is 15.6. The third-order valence-corrected chi connectivity index (χ3v) is 6.32. The molecule has 3 N–H and O–H groups in total. The van der Waals surface area contributed by atoms with E-state index in [1.54, 1.807) is 0 Å². The number of ether oxygens (including phenoxy) is 1. The van der Waals surface area contributed by atoms with E-state index < -0.39 is 17.8 Å². The molecule has 1 saturated carbocycles. The average molecular weight is 432 g/mol. The van der Waals surface area contributed by atoms with Crippen molar-refractivity contribution in [2.24, 2.45) is 5.92 Å². The summed E-state index contributed by atoms with van der Waals surface area (Å²) in [7, 11) is 0. The summed E-state index contributed by atoms with van der Waals surface area (Å²) in [5, 5.41) is 22.2. The smallest absolute Gasteiger partial charge is 0.404 e. The Morgan fingerprint density at radius 3 is 1.75 bits per heavy atom. The van der Waals surface area contributed by atoms with Crippen molar-refractivity contribution in [3.8, 4) is 0 Å². The number of nitrogens with one attached hydrogen (secondary N) is 1. The summed E-state index contributed by atoms with van der Waals surface area (Å²) in [6.07, 6.45) is 0.185. The van der Waals surface area contributed by atoms with E-state index in [4.69, 9.17) is 4.74 Å². The van der Waals surface area contributed by atoms with Gasteiger partial charge in [0.25, 0.3) is 0 Å². The van der Waals surface area contributed by atoms with Crippen molar-refractivity contribution in [3.05, 3.63) is 108 Å². The van der Waals surface area contributed by atoms with Crippen molar-refractivity contribution in [1.82, 2.24) is 5.32 Å². The fourth-order valence-corrected chi connectivity index (χ4v) is 4.77. The Kier molecular flexibility index (Phi) is 6.88. The summed E-state index contributed by atoms with van der Waals surface area (Å²) in [4.78, 5) is 11.3. The lowest BCUT2D eigenvalue weighted by atomic mass is 9.79. The molecule has 4 rings (SSSR count). The highest BCUT2D eigenvalue weighted by Gasteiger charge is 2.40. The zero-order chi connectivity index (χ0) is 22.4. The summed E-state index contributed by atoms with van der Waals surface area (Å²) in [5.41, 5.74) is 2.13. The van der Waals surface area contributed by atoms with E-state index in [-0.39, 0.29) is 12.0 Å². The van der Waals surface area contributed by atoms with Crippen LogP contribution in [0.1, 0.15) is 36.0 Å². The first kappa shape index (κ1) is 22.1.